The molecule has 0 atom stereocenters. The van der Waals surface area contributed by atoms with Gasteiger partial charge in [-0.1, -0.05) is 18.2 Å². The monoisotopic (exact) mass is 443 g/mol. The van der Waals surface area contributed by atoms with Crippen molar-refractivity contribution in [3.05, 3.63) is 76.0 Å². The lowest BCUT2D eigenvalue weighted by Gasteiger charge is -2.21. The van der Waals surface area contributed by atoms with Crippen molar-refractivity contribution >= 4 is 39.0 Å². The minimum absolute atomic E-state index is 0.0423. The van der Waals surface area contributed by atoms with E-state index in [2.05, 4.69) is 29.8 Å². The fourth-order valence-electron chi connectivity index (χ4n) is 3.82. The standard InChI is InChI=1S/C25H21N3O3S/c1-3-28(4-2)17-10-9-16-12-19(23(26)30-22(16)13-17)24-27-20(14-32-24)18-11-15-7-5-6-8-21(15)31-25(18)29/h5-14,26H,3-4H2,1-2H3. The summed E-state index contributed by atoms with van der Waals surface area (Å²) in [6, 6.07) is 17.1. The second-order valence-electron chi connectivity index (χ2n) is 7.41. The first-order valence-electron chi connectivity index (χ1n) is 10.4. The van der Waals surface area contributed by atoms with Gasteiger partial charge in [0.1, 0.15) is 16.2 Å². The zero-order chi connectivity index (χ0) is 22.2. The number of aromatic nitrogens is 1. The summed E-state index contributed by atoms with van der Waals surface area (Å²) >= 11 is 1.37. The van der Waals surface area contributed by atoms with Crippen LogP contribution in [0.5, 0.6) is 0 Å². The molecule has 0 fully saturated rings. The second kappa shape index (κ2) is 8.09. The van der Waals surface area contributed by atoms with Crippen LogP contribution >= 0.6 is 11.3 Å². The highest BCUT2D eigenvalue weighted by atomic mass is 32.1. The molecule has 0 radical (unpaired) electrons. The molecule has 2 aromatic carbocycles. The Labute approximate surface area is 187 Å². The van der Waals surface area contributed by atoms with E-state index in [0.29, 0.717) is 33.0 Å². The Morgan fingerprint density at radius 3 is 2.50 bits per heavy atom. The number of nitrogens with zero attached hydrogens (tertiary/aromatic N) is 2. The van der Waals surface area contributed by atoms with E-state index >= 15 is 0 Å². The number of anilines is 1. The van der Waals surface area contributed by atoms with Gasteiger partial charge in [-0.2, -0.15) is 0 Å². The van der Waals surface area contributed by atoms with Crippen molar-refractivity contribution in [3.8, 4) is 21.8 Å². The van der Waals surface area contributed by atoms with Gasteiger partial charge >= 0.3 is 5.63 Å². The molecular formula is C25H21N3O3S. The molecule has 0 amide bonds. The molecule has 0 spiro atoms. The van der Waals surface area contributed by atoms with Gasteiger partial charge in [0.05, 0.1) is 16.8 Å². The summed E-state index contributed by atoms with van der Waals surface area (Å²) in [4.78, 5) is 19.4. The third-order valence-corrected chi connectivity index (χ3v) is 6.41. The van der Waals surface area contributed by atoms with Crippen molar-refractivity contribution in [2.45, 2.75) is 13.8 Å². The molecule has 5 aromatic rings. The fourth-order valence-corrected chi connectivity index (χ4v) is 4.66. The highest BCUT2D eigenvalue weighted by Crippen LogP contribution is 2.30. The average Bonchev–Trinajstić information content (AvgIpc) is 3.28. The SMILES string of the molecule is CCN(CC)c1ccc2cc(-c3nc(-c4cc5ccccc5oc4=O)cs3)c(=N)oc2c1. The Kier molecular flexibility index (Phi) is 5.11. The number of nitrogens with one attached hydrogen (secondary N) is 1. The zero-order valence-corrected chi connectivity index (χ0v) is 18.5. The topological polar surface area (TPSA) is 83.3 Å². The molecule has 32 heavy (non-hydrogen) atoms. The van der Waals surface area contributed by atoms with Crippen molar-refractivity contribution in [3.63, 3.8) is 0 Å². The summed E-state index contributed by atoms with van der Waals surface area (Å²) in [6.45, 7) is 6.02. The van der Waals surface area contributed by atoms with Gasteiger partial charge in [-0.25, -0.2) is 9.78 Å². The van der Waals surface area contributed by atoms with Gasteiger partial charge in [0.25, 0.3) is 0 Å². The summed E-state index contributed by atoms with van der Waals surface area (Å²) in [6.07, 6.45) is 0. The quantitative estimate of drug-likeness (QED) is 0.355. The molecule has 0 bridgehead atoms. The smallest absolute Gasteiger partial charge is 0.345 e. The maximum Gasteiger partial charge on any atom is 0.345 e. The minimum Gasteiger partial charge on any atom is -0.438 e. The first-order chi connectivity index (χ1) is 15.6. The molecule has 7 heteroatoms. The molecule has 6 nitrogen and oxygen atoms in total. The summed E-state index contributed by atoms with van der Waals surface area (Å²) in [7, 11) is 0. The molecule has 0 aliphatic carbocycles. The van der Waals surface area contributed by atoms with Crippen LogP contribution in [0.25, 0.3) is 43.8 Å². The highest BCUT2D eigenvalue weighted by molar-refractivity contribution is 7.13. The van der Waals surface area contributed by atoms with Gasteiger partial charge in [-0.3, -0.25) is 5.41 Å². The average molecular weight is 444 g/mol. The van der Waals surface area contributed by atoms with Crippen molar-refractivity contribution in [2.24, 2.45) is 0 Å². The van der Waals surface area contributed by atoms with Crippen LogP contribution in [0.1, 0.15) is 13.8 Å². The first kappa shape index (κ1) is 20.2. The van der Waals surface area contributed by atoms with E-state index in [4.69, 9.17) is 14.2 Å². The van der Waals surface area contributed by atoms with Crippen LogP contribution in [-0.4, -0.2) is 18.1 Å². The summed E-state index contributed by atoms with van der Waals surface area (Å²) in [5, 5.41) is 12.6. The second-order valence-corrected chi connectivity index (χ2v) is 8.26. The third-order valence-electron chi connectivity index (χ3n) is 5.53. The van der Waals surface area contributed by atoms with Crippen LogP contribution in [0.3, 0.4) is 0 Å². The normalized spacial score (nSPS) is 11.3. The predicted octanol–water partition coefficient (Wildman–Crippen LogP) is 5.66. The maximum absolute atomic E-state index is 12.5. The van der Waals surface area contributed by atoms with E-state index in [9.17, 15) is 4.79 Å². The van der Waals surface area contributed by atoms with Gasteiger partial charge in [-0.15, -0.1) is 11.3 Å². The van der Waals surface area contributed by atoms with Crippen LogP contribution in [0.2, 0.25) is 0 Å². The maximum atomic E-state index is 12.5. The molecule has 0 unspecified atom stereocenters. The number of para-hydroxylation sites is 1. The highest BCUT2D eigenvalue weighted by Gasteiger charge is 2.15. The van der Waals surface area contributed by atoms with E-state index in [0.717, 1.165) is 29.5 Å². The van der Waals surface area contributed by atoms with E-state index in [1.807, 2.05) is 41.8 Å². The Morgan fingerprint density at radius 1 is 0.938 bits per heavy atom. The molecule has 0 saturated heterocycles. The van der Waals surface area contributed by atoms with Crippen LogP contribution < -0.4 is 16.1 Å². The molecule has 3 heterocycles. The van der Waals surface area contributed by atoms with Gasteiger partial charge in [0, 0.05) is 41.0 Å². The number of rotatable bonds is 5. The Morgan fingerprint density at radius 2 is 1.69 bits per heavy atom. The van der Waals surface area contributed by atoms with Gasteiger partial charge < -0.3 is 13.7 Å². The van der Waals surface area contributed by atoms with E-state index in [1.165, 1.54) is 11.3 Å². The molecule has 0 aliphatic heterocycles. The summed E-state index contributed by atoms with van der Waals surface area (Å²) in [5.41, 5.74) is 3.41. The summed E-state index contributed by atoms with van der Waals surface area (Å²) in [5.74, 6) is 0. The van der Waals surface area contributed by atoms with Gasteiger partial charge in [-0.05, 0) is 44.2 Å². The van der Waals surface area contributed by atoms with E-state index in [1.54, 1.807) is 12.1 Å². The lowest BCUT2D eigenvalue weighted by molar-refractivity contribution is 0.536. The molecule has 0 aliphatic rings. The van der Waals surface area contributed by atoms with Crippen molar-refractivity contribution in [1.82, 2.24) is 4.98 Å². The van der Waals surface area contributed by atoms with Gasteiger partial charge in [0.2, 0.25) is 5.55 Å². The molecule has 160 valence electrons. The number of hydrogen-bond donors (Lipinski definition) is 1. The number of hydrogen-bond acceptors (Lipinski definition) is 7. The predicted molar refractivity (Wildman–Crippen MR) is 128 cm³/mol. The van der Waals surface area contributed by atoms with Gasteiger partial charge in [0.15, 0.2) is 0 Å². The summed E-state index contributed by atoms with van der Waals surface area (Å²) < 4.78 is 11.3. The number of benzene rings is 2. The van der Waals surface area contributed by atoms with Crippen LogP contribution in [0, 0.1) is 5.41 Å². The van der Waals surface area contributed by atoms with Crippen LogP contribution in [0.4, 0.5) is 5.69 Å². The van der Waals surface area contributed by atoms with E-state index in [-0.39, 0.29) is 5.55 Å². The van der Waals surface area contributed by atoms with Crippen molar-refractivity contribution in [2.75, 3.05) is 18.0 Å². The minimum atomic E-state index is -0.432. The Hall–Kier alpha value is -3.71. The lowest BCUT2D eigenvalue weighted by atomic mass is 10.1. The lowest BCUT2D eigenvalue weighted by Crippen LogP contribution is -2.21. The largest absolute Gasteiger partial charge is 0.438 e. The van der Waals surface area contributed by atoms with E-state index < -0.39 is 5.63 Å². The molecule has 0 saturated carbocycles. The third kappa shape index (κ3) is 3.50. The van der Waals surface area contributed by atoms with Crippen LogP contribution in [-0.2, 0) is 0 Å². The zero-order valence-electron chi connectivity index (χ0n) is 17.7. The molecular weight excluding hydrogens is 422 g/mol. The first-order valence-corrected chi connectivity index (χ1v) is 11.3. The molecule has 5 rings (SSSR count). The number of thiazole rings is 1. The van der Waals surface area contributed by atoms with Crippen molar-refractivity contribution in [1.29, 1.82) is 5.41 Å². The fraction of sp³-hybridized carbons (Fsp3) is 0.160. The molecule has 3 aromatic heterocycles. The van der Waals surface area contributed by atoms with Crippen LogP contribution in [0.15, 0.2) is 73.6 Å². The Bertz CT molecular complexity index is 1560. The molecule has 1 N–H and O–H groups in total. The number of fused-ring (bicyclic) bond motifs is 2. The van der Waals surface area contributed by atoms with Crippen molar-refractivity contribution < 1.29 is 8.83 Å². The Balaban J connectivity index is 1.56.